The topological polar surface area (TPSA) is 80.0 Å². The minimum atomic E-state index is -0.470. The fraction of sp³-hybridized carbons (Fsp3) is 0.417. The molecule has 98 valence electrons. The van der Waals surface area contributed by atoms with Crippen LogP contribution in [0, 0.1) is 0 Å². The summed E-state index contributed by atoms with van der Waals surface area (Å²) in [5, 5.41) is 0. The molecule has 1 heterocycles. The van der Waals surface area contributed by atoms with Crippen molar-refractivity contribution in [1.82, 2.24) is 0 Å². The Hall–Kier alpha value is -1.95. The van der Waals surface area contributed by atoms with Crippen LogP contribution < -0.4 is 15.2 Å². The van der Waals surface area contributed by atoms with Gasteiger partial charge in [-0.05, 0) is 0 Å². The normalized spacial score (nSPS) is 12.5. The molecule has 6 heteroatoms. The lowest BCUT2D eigenvalue weighted by Crippen LogP contribution is -2.10. The van der Waals surface area contributed by atoms with Crippen LogP contribution in [-0.2, 0) is 9.47 Å². The number of esters is 1. The highest BCUT2D eigenvalue weighted by Gasteiger charge is 2.20. The van der Waals surface area contributed by atoms with E-state index in [1.54, 1.807) is 13.2 Å². The molecule has 2 rings (SSSR count). The predicted octanol–water partition coefficient (Wildman–Crippen LogP) is 1.19. The van der Waals surface area contributed by atoms with Gasteiger partial charge in [0.1, 0.15) is 0 Å². The van der Waals surface area contributed by atoms with E-state index in [2.05, 4.69) is 0 Å². The molecule has 1 aromatic rings. The Morgan fingerprint density at radius 1 is 1.33 bits per heavy atom. The molecule has 18 heavy (non-hydrogen) atoms. The molecule has 0 bridgehead atoms. The Bertz CT molecular complexity index is 446. The van der Waals surface area contributed by atoms with Gasteiger partial charge in [0.25, 0.3) is 0 Å². The summed E-state index contributed by atoms with van der Waals surface area (Å²) >= 11 is 0. The number of fused-ring (bicyclic) bond motifs is 1. The molecule has 0 spiro atoms. The summed E-state index contributed by atoms with van der Waals surface area (Å²) in [4.78, 5) is 11.8. The first-order valence-electron chi connectivity index (χ1n) is 5.57. The van der Waals surface area contributed by atoms with Crippen LogP contribution in [-0.4, -0.2) is 33.1 Å². The number of anilines is 1. The molecule has 0 atom stereocenters. The third-order valence-corrected chi connectivity index (χ3v) is 2.49. The number of hydrogen-bond acceptors (Lipinski definition) is 6. The van der Waals surface area contributed by atoms with Crippen molar-refractivity contribution in [3.63, 3.8) is 0 Å². The SMILES string of the molecule is COCCCOC(=O)c1cc2c(cc1N)OCO2. The summed E-state index contributed by atoms with van der Waals surface area (Å²) in [6.45, 7) is 0.978. The fourth-order valence-corrected chi connectivity index (χ4v) is 1.58. The van der Waals surface area contributed by atoms with E-state index in [4.69, 9.17) is 24.7 Å². The van der Waals surface area contributed by atoms with Crippen molar-refractivity contribution in [3.8, 4) is 11.5 Å². The van der Waals surface area contributed by atoms with Crippen LogP contribution in [0.15, 0.2) is 12.1 Å². The van der Waals surface area contributed by atoms with Gasteiger partial charge < -0.3 is 24.7 Å². The van der Waals surface area contributed by atoms with Gasteiger partial charge in [0.2, 0.25) is 6.79 Å². The zero-order valence-corrected chi connectivity index (χ0v) is 10.1. The van der Waals surface area contributed by atoms with Gasteiger partial charge in [-0.2, -0.15) is 0 Å². The minimum absolute atomic E-state index is 0.140. The number of carbonyl (C=O) groups excluding carboxylic acids is 1. The lowest BCUT2D eigenvalue weighted by Gasteiger charge is -2.07. The number of nitrogens with two attached hydrogens (primary N) is 1. The summed E-state index contributed by atoms with van der Waals surface area (Å²) in [7, 11) is 1.59. The molecular weight excluding hydrogens is 238 g/mol. The number of nitrogen functional groups attached to an aromatic ring is 1. The van der Waals surface area contributed by atoms with Crippen molar-refractivity contribution in [2.75, 3.05) is 32.9 Å². The zero-order chi connectivity index (χ0) is 13.0. The van der Waals surface area contributed by atoms with E-state index < -0.39 is 5.97 Å². The number of ether oxygens (including phenoxy) is 4. The molecule has 1 aliphatic heterocycles. The van der Waals surface area contributed by atoms with E-state index in [9.17, 15) is 4.79 Å². The molecule has 0 unspecified atom stereocenters. The Morgan fingerprint density at radius 2 is 2.06 bits per heavy atom. The second kappa shape index (κ2) is 5.59. The molecule has 1 aromatic carbocycles. The first-order valence-corrected chi connectivity index (χ1v) is 5.57. The molecule has 0 radical (unpaired) electrons. The average Bonchev–Trinajstić information content (AvgIpc) is 2.80. The van der Waals surface area contributed by atoms with Crippen LogP contribution >= 0.6 is 0 Å². The maximum Gasteiger partial charge on any atom is 0.340 e. The molecular formula is C12H15NO5. The van der Waals surface area contributed by atoms with Gasteiger partial charge in [0.05, 0.1) is 17.9 Å². The van der Waals surface area contributed by atoms with E-state index in [0.717, 1.165) is 0 Å². The smallest absolute Gasteiger partial charge is 0.340 e. The van der Waals surface area contributed by atoms with Gasteiger partial charge in [-0.3, -0.25) is 0 Å². The Balaban J connectivity index is 2.02. The van der Waals surface area contributed by atoms with E-state index >= 15 is 0 Å². The number of rotatable bonds is 5. The molecule has 0 saturated heterocycles. The minimum Gasteiger partial charge on any atom is -0.462 e. The summed E-state index contributed by atoms with van der Waals surface area (Å²) in [6, 6.07) is 3.10. The average molecular weight is 253 g/mol. The number of hydrogen-bond donors (Lipinski definition) is 1. The van der Waals surface area contributed by atoms with Gasteiger partial charge >= 0.3 is 5.97 Å². The van der Waals surface area contributed by atoms with E-state index in [0.29, 0.717) is 36.8 Å². The molecule has 1 aliphatic rings. The maximum absolute atomic E-state index is 11.8. The first kappa shape index (κ1) is 12.5. The molecule has 0 saturated carbocycles. The number of carbonyl (C=O) groups is 1. The van der Waals surface area contributed by atoms with E-state index in [1.807, 2.05) is 0 Å². The van der Waals surface area contributed by atoms with Gasteiger partial charge in [-0.25, -0.2) is 4.79 Å². The van der Waals surface area contributed by atoms with Crippen molar-refractivity contribution in [2.24, 2.45) is 0 Å². The summed E-state index contributed by atoms with van der Waals surface area (Å²) in [5.41, 5.74) is 6.37. The predicted molar refractivity (Wildman–Crippen MR) is 63.8 cm³/mol. The number of benzene rings is 1. The molecule has 0 aliphatic carbocycles. The molecule has 0 fully saturated rings. The third-order valence-electron chi connectivity index (χ3n) is 2.49. The van der Waals surface area contributed by atoms with Gasteiger partial charge in [0, 0.05) is 32.3 Å². The monoisotopic (exact) mass is 253 g/mol. The van der Waals surface area contributed by atoms with Crippen molar-refractivity contribution in [2.45, 2.75) is 6.42 Å². The molecule has 0 amide bonds. The molecule has 2 N–H and O–H groups in total. The van der Waals surface area contributed by atoms with Gasteiger partial charge in [-0.1, -0.05) is 0 Å². The van der Waals surface area contributed by atoms with E-state index in [1.165, 1.54) is 6.07 Å². The summed E-state index contributed by atoms with van der Waals surface area (Å²) < 4.78 is 20.3. The van der Waals surface area contributed by atoms with Crippen LogP contribution in [0.1, 0.15) is 16.8 Å². The Morgan fingerprint density at radius 3 is 2.78 bits per heavy atom. The highest BCUT2D eigenvalue weighted by Crippen LogP contribution is 2.36. The quantitative estimate of drug-likeness (QED) is 0.482. The van der Waals surface area contributed by atoms with Crippen LogP contribution in [0.2, 0.25) is 0 Å². The summed E-state index contributed by atoms with van der Waals surface area (Å²) in [6.07, 6.45) is 0.646. The highest BCUT2D eigenvalue weighted by atomic mass is 16.7. The van der Waals surface area contributed by atoms with Crippen molar-refractivity contribution in [3.05, 3.63) is 17.7 Å². The standard InChI is InChI=1S/C12H15NO5/c1-15-3-2-4-16-12(14)8-5-10-11(6-9(8)13)18-7-17-10/h5-6H,2-4,7,13H2,1H3. The third kappa shape index (κ3) is 2.65. The fourth-order valence-electron chi connectivity index (χ4n) is 1.58. The second-order valence-corrected chi connectivity index (χ2v) is 3.77. The lowest BCUT2D eigenvalue weighted by atomic mass is 10.1. The van der Waals surface area contributed by atoms with Crippen molar-refractivity contribution >= 4 is 11.7 Å². The lowest BCUT2D eigenvalue weighted by molar-refractivity contribution is 0.0469. The van der Waals surface area contributed by atoms with Crippen LogP contribution in [0.25, 0.3) is 0 Å². The Kier molecular flexibility index (Phi) is 3.88. The zero-order valence-electron chi connectivity index (χ0n) is 10.1. The summed E-state index contributed by atoms with van der Waals surface area (Å²) in [5.74, 6) is 0.582. The van der Waals surface area contributed by atoms with Gasteiger partial charge in [-0.15, -0.1) is 0 Å². The van der Waals surface area contributed by atoms with Gasteiger partial charge in [0.15, 0.2) is 11.5 Å². The van der Waals surface area contributed by atoms with Crippen LogP contribution in [0.5, 0.6) is 11.5 Å². The molecule has 6 nitrogen and oxygen atoms in total. The first-order chi connectivity index (χ1) is 8.72. The van der Waals surface area contributed by atoms with Crippen LogP contribution in [0.4, 0.5) is 5.69 Å². The highest BCUT2D eigenvalue weighted by molar-refractivity contribution is 5.96. The van der Waals surface area contributed by atoms with Crippen molar-refractivity contribution in [1.29, 1.82) is 0 Å². The largest absolute Gasteiger partial charge is 0.462 e. The van der Waals surface area contributed by atoms with E-state index in [-0.39, 0.29) is 12.4 Å². The van der Waals surface area contributed by atoms with Crippen LogP contribution in [0.3, 0.4) is 0 Å². The second-order valence-electron chi connectivity index (χ2n) is 3.77. The Labute approximate surface area is 105 Å². The van der Waals surface area contributed by atoms with Crippen molar-refractivity contribution < 1.29 is 23.7 Å². The maximum atomic E-state index is 11.8. The number of methoxy groups -OCH3 is 1. The molecule has 0 aromatic heterocycles.